The first-order valence-electron chi connectivity index (χ1n) is 10.3. The van der Waals surface area contributed by atoms with Gasteiger partial charge in [-0.3, -0.25) is 0 Å². The quantitative estimate of drug-likeness (QED) is 0.257. The zero-order chi connectivity index (χ0) is 24.4. The average molecular weight is 483 g/mol. The Morgan fingerprint density at radius 2 is 1.76 bits per heavy atom. The lowest BCUT2D eigenvalue weighted by atomic mass is 10.1. The highest BCUT2D eigenvalue weighted by atomic mass is 35.5. The molecular weight excluding hydrogens is 462 g/mol. The van der Waals surface area contributed by atoms with Gasteiger partial charge in [-0.25, -0.2) is 13.6 Å². The van der Waals surface area contributed by atoms with Gasteiger partial charge in [-0.05, 0) is 67.6 Å². The first-order chi connectivity index (χ1) is 16.3. The number of nitrogen functional groups attached to an aromatic ring is 1. The van der Waals surface area contributed by atoms with Crippen LogP contribution in [0.15, 0.2) is 66.7 Å². The van der Waals surface area contributed by atoms with E-state index in [1.165, 1.54) is 31.4 Å². The summed E-state index contributed by atoms with van der Waals surface area (Å²) in [7, 11) is 1.30. The lowest BCUT2D eigenvalue weighted by molar-refractivity contribution is 0.0600. The lowest BCUT2D eigenvalue weighted by Gasteiger charge is -2.17. The number of anilines is 1. The first kappa shape index (κ1) is 23.3. The Morgan fingerprint density at radius 3 is 2.47 bits per heavy atom. The van der Waals surface area contributed by atoms with Crippen LogP contribution < -0.4 is 10.5 Å². The van der Waals surface area contributed by atoms with Crippen molar-refractivity contribution in [2.75, 3.05) is 12.8 Å². The highest BCUT2D eigenvalue weighted by Crippen LogP contribution is 2.36. The molecule has 0 atom stereocenters. The van der Waals surface area contributed by atoms with Crippen LogP contribution in [0.5, 0.6) is 5.75 Å². The number of hydrogen-bond donors (Lipinski definition) is 1. The summed E-state index contributed by atoms with van der Waals surface area (Å²) in [5.41, 5.74) is 9.33. The zero-order valence-electron chi connectivity index (χ0n) is 18.4. The molecule has 5 nitrogen and oxygen atoms in total. The molecule has 0 saturated carbocycles. The van der Waals surface area contributed by atoms with E-state index < -0.39 is 17.6 Å². The van der Waals surface area contributed by atoms with Crippen molar-refractivity contribution in [3.05, 3.63) is 100 Å². The van der Waals surface area contributed by atoms with Gasteiger partial charge in [0.1, 0.15) is 24.0 Å². The van der Waals surface area contributed by atoms with Crippen molar-refractivity contribution >= 4 is 23.3 Å². The Hall–Kier alpha value is -3.84. The number of nitrogens with two attached hydrogens (primary N) is 1. The second-order valence-corrected chi connectivity index (χ2v) is 8.07. The minimum absolute atomic E-state index is 0.173. The number of methoxy groups -OCH3 is 1. The molecule has 0 aliphatic carbocycles. The van der Waals surface area contributed by atoms with Crippen LogP contribution >= 0.6 is 11.6 Å². The predicted octanol–water partition coefficient (Wildman–Crippen LogP) is 6.33. The third-order valence-electron chi connectivity index (χ3n) is 5.35. The summed E-state index contributed by atoms with van der Waals surface area (Å²) in [5, 5.41) is 0.452. The van der Waals surface area contributed by atoms with E-state index in [2.05, 4.69) is 0 Å². The van der Waals surface area contributed by atoms with Gasteiger partial charge in [0.05, 0.1) is 23.9 Å². The molecule has 2 N–H and O–H groups in total. The summed E-state index contributed by atoms with van der Waals surface area (Å²) in [4.78, 5) is 12.1. The smallest absolute Gasteiger partial charge is 0.337 e. The molecule has 34 heavy (non-hydrogen) atoms. The maximum atomic E-state index is 14.1. The largest absolute Gasteiger partial charge is 0.488 e. The molecule has 0 spiro atoms. The van der Waals surface area contributed by atoms with Gasteiger partial charge in [0.2, 0.25) is 0 Å². The molecule has 0 bridgehead atoms. The number of hydrogen-bond acceptors (Lipinski definition) is 4. The Labute approximate surface area is 200 Å². The van der Waals surface area contributed by atoms with Crippen molar-refractivity contribution in [3.63, 3.8) is 0 Å². The lowest BCUT2D eigenvalue weighted by Crippen LogP contribution is -2.07. The predicted molar refractivity (Wildman–Crippen MR) is 127 cm³/mol. The van der Waals surface area contributed by atoms with Crippen molar-refractivity contribution in [3.8, 4) is 22.7 Å². The van der Waals surface area contributed by atoms with Gasteiger partial charge in [0.25, 0.3) is 0 Å². The Balaban J connectivity index is 1.80. The molecule has 8 heteroatoms. The van der Waals surface area contributed by atoms with Crippen molar-refractivity contribution < 1.29 is 23.0 Å². The average Bonchev–Trinajstić information content (AvgIpc) is 3.19. The highest BCUT2D eigenvalue weighted by molar-refractivity contribution is 6.31. The van der Waals surface area contributed by atoms with E-state index in [9.17, 15) is 13.6 Å². The van der Waals surface area contributed by atoms with E-state index in [1.54, 1.807) is 30.3 Å². The third-order valence-corrected chi connectivity index (χ3v) is 5.58. The van der Waals surface area contributed by atoms with Crippen molar-refractivity contribution in [1.29, 1.82) is 0 Å². The second-order valence-electron chi connectivity index (χ2n) is 7.63. The number of aromatic nitrogens is 1. The van der Waals surface area contributed by atoms with Crippen LogP contribution in [-0.4, -0.2) is 17.6 Å². The molecular formula is C26H21ClF2N2O3. The summed E-state index contributed by atoms with van der Waals surface area (Å²) in [5.74, 6) is -1.52. The molecule has 1 heterocycles. The molecule has 0 unspecified atom stereocenters. The second kappa shape index (κ2) is 9.57. The third kappa shape index (κ3) is 4.61. The van der Waals surface area contributed by atoms with Crippen LogP contribution in [0.4, 0.5) is 14.5 Å². The molecule has 174 valence electrons. The maximum absolute atomic E-state index is 14.1. The number of esters is 1. The van der Waals surface area contributed by atoms with Crippen molar-refractivity contribution in [2.24, 2.45) is 0 Å². The number of aryl methyl sites for hydroxylation is 1. The van der Waals surface area contributed by atoms with Crippen LogP contribution in [0.1, 0.15) is 21.6 Å². The topological polar surface area (TPSA) is 66.5 Å². The summed E-state index contributed by atoms with van der Waals surface area (Å²) >= 11 is 6.28. The zero-order valence-corrected chi connectivity index (χ0v) is 19.2. The van der Waals surface area contributed by atoms with Crippen molar-refractivity contribution in [2.45, 2.75) is 13.5 Å². The molecule has 1 aromatic heterocycles. The fourth-order valence-electron chi connectivity index (χ4n) is 3.74. The molecule has 3 aromatic carbocycles. The van der Waals surface area contributed by atoms with E-state index in [0.29, 0.717) is 39.0 Å². The van der Waals surface area contributed by atoms with Crippen LogP contribution in [0.25, 0.3) is 16.9 Å². The van der Waals surface area contributed by atoms with Gasteiger partial charge in [-0.1, -0.05) is 17.7 Å². The van der Waals surface area contributed by atoms with Gasteiger partial charge in [0, 0.05) is 27.7 Å². The van der Waals surface area contributed by atoms with Crippen LogP contribution in [0.3, 0.4) is 0 Å². The Kier molecular flexibility index (Phi) is 6.56. The molecule has 4 rings (SSSR count). The molecule has 0 radical (unpaired) electrons. The van der Waals surface area contributed by atoms with E-state index in [0.717, 1.165) is 5.69 Å². The number of halogens is 3. The van der Waals surface area contributed by atoms with Gasteiger partial charge in [-0.15, -0.1) is 0 Å². The summed E-state index contributed by atoms with van der Waals surface area (Å²) in [6.45, 7) is 1.59. The number of benzene rings is 3. The fraction of sp³-hybridized carbons (Fsp3) is 0.115. The van der Waals surface area contributed by atoms with Crippen LogP contribution in [0, 0.1) is 18.6 Å². The minimum atomic E-state index is -0.690. The normalized spacial score (nSPS) is 10.9. The summed E-state index contributed by atoms with van der Waals surface area (Å²) < 4.78 is 40.8. The Bertz CT molecular complexity index is 1360. The number of nitrogens with zero attached hydrogens (tertiary/aromatic N) is 1. The Morgan fingerprint density at radius 1 is 1.03 bits per heavy atom. The summed E-state index contributed by atoms with van der Waals surface area (Å²) in [6.07, 6.45) is 0. The van der Waals surface area contributed by atoms with Crippen LogP contribution in [-0.2, 0) is 11.3 Å². The number of carbonyl (C=O) groups excluding carboxylic acids is 1. The first-order valence-corrected chi connectivity index (χ1v) is 10.7. The standard InChI is InChI=1S/C26H21ClF2N2O3/c1-15-6-8-24(31(15)19-11-16(26(32)33-2)10-18(30)13-19)20-12-17(27)7-9-25(20)34-14-21-22(28)4-3-5-23(21)29/h3-13H,14,30H2,1-2H3. The minimum Gasteiger partial charge on any atom is -0.488 e. The van der Waals surface area contributed by atoms with Gasteiger partial charge in [0.15, 0.2) is 0 Å². The molecule has 0 saturated heterocycles. The van der Waals surface area contributed by atoms with E-state index in [-0.39, 0.29) is 12.2 Å². The van der Waals surface area contributed by atoms with Gasteiger partial charge in [-0.2, -0.15) is 0 Å². The molecule has 0 aliphatic heterocycles. The van der Waals surface area contributed by atoms with E-state index >= 15 is 0 Å². The SMILES string of the molecule is COC(=O)c1cc(N)cc(-n2c(C)ccc2-c2cc(Cl)ccc2OCc2c(F)cccc2F)c1. The van der Waals surface area contributed by atoms with E-state index in [1.807, 2.05) is 23.6 Å². The number of rotatable bonds is 6. The fourth-order valence-corrected chi connectivity index (χ4v) is 3.91. The molecule has 0 aliphatic rings. The van der Waals surface area contributed by atoms with Gasteiger partial charge >= 0.3 is 5.97 Å². The highest BCUT2D eigenvalue weighted by Gasteiger charge is 2.18. The molecule has 4 aromatic rings. The van der Waals surface area contributed by atoms with Crippen LogP contribution in [0.2, 0.25) is 5.02 Å². The van der Waals surface area contributed by atoms with E-state index in [4.69, 9.17) is 26.8 Å². The maximum Gasteiger partial charge on any atom is 0.337 e. The molecule has 0 amide bonds. The molecule has 0 fully saturated rings. The number of carbonyl (C=O) groups is 1. The van der Waals surface area contributed by atoms with Crippen molar-refractivity contribution in [1.82, 2.24) is 4.57 Å². The summed E-state index contributed by atoms with van der Waals surface area (Å²) in [6, 6.07) is 17.3. The van der Waals surface area contributed by atoms with Gasteiger partial charge < -0.3 is 19.8 Å². The number of ether oxygens (including phenoxy) is 2. The monoisotopic (exact) mass is 482 g/mol.